The number of anilines is 1. The first kappa shape index (κ1) is 23.5. The molecule has 0 spiro atoms. The van der Waals surface area contributed by atoms with Gasteiger partial charge in [-0.05, 0) is 68.6 Å². The number of hydrogen-bond donors (Lipinski definition) is 1. The zero-order chi connectivity index (χ0) is 24.5. The summed E-state index contributed by atoms with van der Waals surface area (Å²) in [6.45, 7) is 6.43. The molecule has 0 amide bonds. The van der Waals surface area contributed by atoms with Crippen LogP contribution in [-0.2, 0) is 6.54 Å². The lowest BCUT2D eigenvalue weighted by atomic mass is 9.94. The van der Waals surface area contributed by atoms with Crippen LogP contribution in [0.1, 0.15) is 40.5 Å². The molecule has 1 aliphatic heterocycles. The molecule has 5 rings (SSSR count). The van der Waals surface area contributed by atoms with Crippen molar-refractivity contribution >= 4 is 34.1 Å². The minimum atomic E-state index is -0.0259. The van der Waals surface area contributed by atoms with Crippen molar-refractivity contribution in [3.63, 3.8) is 0 Å². The summed E-state index contributed by atoms with van der Waals surface area (Å²) < 4.78 is 5.37. The van der Waals surface area contributed by atoms with Crippen LogP contribution in [0.5, 0.6) is 0 Å². The number of likely N-dealkylation sites (tertiary alicyclic amines) is 1. The number of fused-ring (bicyclic) bond motifs is 1. The molecule has 0 unspecified atom stereocenters. The Morgan fingerprint density at radius 3 is 2.71 bits per heavy atom. The molecular weight excluding hydrogens is 462 g/mol. The molecule has 0 saturated carbocycles. The van der Waals surface area contributed by atoms with Crippen LogP contribution in [0.4, 0.5) is 5.82 Å². The normalized spacial score (nSPS) is 14.3. The van der Waals surface area contributed by atoms with Gasteiger partial charge in [-0.25, -0.2) is 9.97 Å². The minimum absolute atomic E-state index is 0.0259. The Kier molecular flexibility index (Phi) is 6.54. The Balaban J connectivity index is 1.49. The molecule has 2 aromatic carbocycles. The van der Waals surface area contributed by atoms with Gasteiger partial charge in [0.2, 0.25) is 0 Å². The van der Waals surface area contributed by atoms with Crippen molar-refractivity contribution in [2.45, 2.75) is 33.2 Å². The molecule has 4 aromatic rings. The summed E-state index contributed by atoms with van der Waals surface area (Å²) >= 11 is 6.17. The van der Waals surface area contributed by atoms with Crippen molar-refractivity contribution in [3.05, 3.63) is 70.3 Å². The Morgan fingerprint density at radius 2 is 2.00 bits per heavy atom. The second-order valence-electron chi connectivity index (χ2n) is 9.36. The highest BCUT2D eigenvalue weighted by molar-refractivity contribution is 6.30. The highest BCUT2D eigenvalue weighted by Gasteiger charge is 2.25. The van der Waals surface area contributed by atoms with Crippen LogP contribution in [0, 0.1) is 19.8 Å². The highest BCUT2D eigenvalue weighted by Crippen LogP contribution is 2.32. The third kappa shape index (κ3) is 5.06. The van der Waals surface area contributed by atoms with Crippen LogP contribution in [0.3, 0.4) is 0 Å². The minimum Gasteiger partial charge on any atom is -0.365 e. The lowest BCUT2D eigenvalue weighted by Crippen LogP contribution is -2.43. The smallest absolute Gasteiger partial charge is 0.200 e. The predicted molar refractivity (Wildman–Crippen MR) is 138 cm³/mol. The summed E-state index contributed by atoms with van der Waals surface area (Å²) in [5.74, 6) is 2.17. The van der Waals surface area contributed by atoms with Crippen LogP contribution < -0.4 is 5.32 Å². The average Bonchev–Trinajstić information content (AvgIpc) is 3.16. The molecule has 0 atom stereocenters. The molecule has 8 heteroatoms. The van der Waals surface area contributed by atoms with E-state index in [-0.39, 0.29) is 11.6 Å². The maximum Gasteiger partial charge on any atom is 0.200 e. The van der Waals surface area contributed by atoms with Crippen LogP contribution in [0.15, 0.2) is 47.0 Å². The van der Waals surface area contributed by atoms with E-state index in [2.05, 4.69) is 32.4 Å². The molecule has 7 nitrogen and oxygen atoms in total. The van der Waals surface area contributed by atoms with Crippen molar-refractivity contribution in [2.24, 2.45) is 5.92 Å². The molecule has 1 saturated heterocycles. The van der Waals surface area contributed by atoms with Gasteiger partial charge in [0, 0.05) is 42.0 Å². The summed E-state index contributed by atoms with van der Waals surface area (Å²) in [4.78, 5) is 24.6. The summed E-state index contributed by atoms with van der Waals surface area (Å²) in [5.41, 5.74) is 4.49. The standard InChI is InChI=1S/C27H28ClN5O2/c1-16-25(17(2)35-32-16)20-8-9-23-22(12-20)26(29-13-18-5-4-6-21(28)11-18)31-27(30-23)24(34)10-7-19-14-33(3)15-19/h4-6,8-9,11-12,19H,7,10,13-15H2,1-3H3,(H,29,30,31). The maximum absolute atomic E-state index is 13.0. The molecule has 1 aliphatic rings. The van der Waals surface area contributed by atoms with E-state index in [1.807, 2.05) is 56.3 Å². The predicted octanol–water partition coefficient (Wildman–Crippen LogP) is 5.69. The van der Waals surface area contributed by atoms with E-state index in [4.69, 9.17) is 16.1 Å². The fourth-order valence-electron chi connectivity index (χ4n) is 4.73. The fraction of sp³-hybridized carbons (Fsp3) is 0.333. The van der Waals surface area contributed by atoms with E-state index in [0.29, 0.717) is 29.7 Å². The zero-order valence-electron chi connectivity index (χ0n) is 20.1. The van der Waals surface area contributed by atoms with Gasteiger partial charge in [-0.3, -0.25) is 4.79 Å². The van der Waals surface area contributed by atoms with Gasteiger partial charge in [0.15, 0.2) is 11.6 Å². The second kappa shape index (κ2) is 9.76. The van der Waals surface area contributed by atoms with Crippen LogP contribution in [-0.4, -0.2) is 45.9 Å². The summed E-state index contributed by atoms with van der Waals surface area (Å²) in [5, 5.41) is 9.01. The first-order valence-electron chi connectivity index (χ1n) is 11.8. The molecular formula is C27H28ClN5O2. The molecule has 3 heterocycles. The molecule has 35 heavy (non-hydrogen) atoms. The van der Waals surface area contributed by atoms with Crippen molar-refractivity contribution in [1.82, 2.24) is 20.0 Å². The quantitative estimate of drug-likeness (QED) is 0.318. The van der Waals surface area contributed by atoms with E-state index in [9.17, 15) is 4.79 Å². The Morgan fingerprint density at radius 1 is 1.17 bits per heavy atom. The monoisotopic (exact) mass is 489 g/mol. The molecule has 0 aliphatic carbocycles. The van der Waals surface area contributed by atoms with Gasteiger partial charge in [0.05, 0.1) is 11.2 Å². The van der Waals surface area contributed by atoms with Crippen molar-refractivity contribution in [1.29, 1.82) is 0 Å². The van der Waals surface area contributed by atoms with E-state index in [0.717, 1.165) is 58.6 Å². The van der Waals surface area contributed by atoms with Gasteiger partial charge in [-0.2, -0.15) is 0 Å². The number of benzene rings is 2. The number of Topliss-reactive ketones (excluding diaryl/α,β-unsaturated/α-hetero) is 1. The first-order valence-corrected chi connectivity index (χ1v) is 12.2. The number of aromatic nitrogens is 3. The topological polar surface area (TPSA) is 84.2 Å². The number of carbonyl (C=O) groups excluding carboxylic acids is 1. The number of rotatable bonds is 8. The fourth-order valence-corrected chi connectivity index (χ4v) is 4.94. The van der Waals surface area contributed by atoms with Gasteiger partial charge in [-0.1, -0.05) is 35.0 Å². The highest BCUT2D eigenvalue weighted by atomic mass is 35.5. The van der Waals surface area contributed by atoms with Gasteiger partial charge in [0.1, 0.15) is 11.6 Å². The van der Waals surface area contributed by atoms with E-state index >= 15 is 0 Å². The van der Waals surface area contributed by atoms with Crippen LogP contribution in [0.25, 0.3) is 22.0 Å². The molecule has 1 N–H and O–H groups in total. The second-order valence-corrected chi connectivity index (χ2v) is 9.80. The lowest BCUT2D eigenvalue weighted by Gasteiger charge is -2.36. The number of nitrogens with one attached hydrogen (secondary N) is 1. The molecule has 0 bridgehead atoms. The van der Waals surface area contributed by atoms with Crippen LogP contribution >= 0.6 is 11.6 Å². The molecule has 0 radical (unpaired) electrons. The van der Waals surface area contributed by atoms with E-state index < -0.39 is 0 Å². The Labute approximate surface area is 209 Å². The third-order valence-corrected chi connectivity index (χ3v) is 6.77. The largest absolute Gasteiger partial charge is 0.365 e. The summed E-state index contributed by atoms with van der Waals surface area (Å²) in [6.07, 6.45) is 1.32. The van der Waals surface area contributed by atoms with Gasteiger partial charge in [-0.15, -0.1) is 0 Å². The number of ketones is 1. The summed E-state index contributed by atoms with van der Waals surface area (Å²) in [7, 11) is 2.10. The molecule has 180 valence electrons. The van der Waals surface area contributed by atoms with Crippen molar-refractivity contribution < 1.29 is 9.32 Å². The summed E-state index contributed by atoms with van der Waals surface area (Å²) in [6, 6.07) is 13.6. The maximum atomic E-state index is 13.0. The average molecular weight is 490 g/mol. The lowest BCUT2D eigenvalue weighted by molar-refractivity contribution is 0.0907. The Hall–Kier alpha value is -3.29. The van der Waals surface area contributed by atoms with Crippen molar-refractivity contribution in [2.75, 3.05) is 25.5 Å². The van der Waals surface area contributed by atoms with Gasteiger partial charge in [0.25, 0.3) is 0 Å². The third-order valence-electron chi connectivity index (χ3n) is 6.54. The van der Waals surface area contributed by atoms with Crippen molar-refractivity contribution in [3.8, 4) is 11.1 Å². The van der Waals surface area contributed by atoms with Gasteiger partial charge < -0.3 is 14.7 Å². The first-order chi connectivity index (χ1) is 16.9. The Bertz CT molecular complexity index is 1370. The molecule has 1 fully saturated rings. The molecule has 2 aromatic heterocycles. The number of hydrogen-bond acceptors (Lipinski definition) is 7. The van der Waals surface area contributed by atoms with E-state index in [1.54, 1.807) is 0 Å². The van der Waals surface area contributed by atoms with E-state index in [1.165, 1.54) is 0 Å². The van der Waals surface area contributed by atoms with Gasteiger partial charge >= 0.3 is 0 Å². The SMILES string of the molecule is Cc1noc(C)c1-c1ccc2nc(C(=O)CCC3CN(C)C3)nc(NCc3cccc(Cl)c3)c2c1. The zero-order valence-corrected chi connectivity index (χ0v) is 20.9. The number of nitrogens with zero attached hydrogens (tertiary/aromatic N) is 4. The number of carbonyl (C=O) groups is 1. The van der Waals surface area contributed by atoms with Crippen LogP contribution in [0.2, 0.25) is 5.02 Å². The number of halogens is 1. The number of aryl methyl sites for hydroxylation is 2.